The zero-order chi connectivity index (χ0) is 16.8. The maximum absolute atomic E-state index is 5.43. The summed E-state index contributed by atoms with van der Waals surface area (Å²) in [5.41, 5.74) is 4.96. The molecular formula is C20H25N3S. The molecule has 0 bridgehead atoms. The lowest BCUT2D eigenvalue weighted by molar-refractivity contribution is 0.330. The average Bonchev–Trinajstić information content (AvgIpc) is 3.07. The first-order valence-corrected chi connectivity index (χ1v) is 9.02. The maximum atomic E-state index is 5.43. The van der Waals surface area contributed by atoms with Crippen molar-refractivity contribution in [2.75, 3.05) is 18.4 Å². The summed E-state index contributed by atoms with van der Waals surface area (Å²) in [6.45, 7) is 6.30. The van der Waals surface area contributed by atoms with E-state index in [2.05, 4.69) is 58.9 Å². The lowest BCUT2D eigenvalue weighted by Crippen LogP contribution is -2.28. The number of hydrogen-bond donors (Lipinski definition) is 2. The molecule has 1 aliphatic rings. The van der Waals surface area contributed by atoms with E-state index in [1.807, 2.05) is 12.1 Å². The molecular weight excluding hydrogens is 314 g/mol. The molecule has 0 aromatic heterocycles. The second kappa shape index (κ2) is 8.27. The molecule has 2 N–H and O–H groups in total. The summed E-state index contributed by atoms with van der Waals surface area (Å²) in [4.78, 5) is 2.53. The van der Waals surface area contributed by atoms with Crippen molar-refractivity contribution in [1.29, 1.82) is 0 Å². The van der Waals surface area contributed by atoms with Crippen LogP contribution in [0.4, 0.5) is 5.69 Å². The van der Waals surface area contributed by atoms with Crippen LogP contribution < -0.4 is 10.6 Å². The van der Waals surface area contributed by atoms with Crippen LogP contribution >= 0.6 is 12.2 Å². The van der Waals surface area contributed by atoms with E-state index in [0.717, 1.165) is 18.8 Å². The van der Waals surface area contributed by atoms with Gasteiger partial charge in [-0.1, -0.05) is 36.4 Å². The molecule has 24 heavy (non-hydrogen) atoms. The predicted molar refractivity (Wildman–Crippen MR) is 105 cm³/mol. The number of thiocarbonyl (C=S) groups is 1. The lowest BCUT2D eigenvalue weighted by Gasteiger charge is -2.18. The standard InChI is InChI=1S/C20H25N3S/c1-16-7-6-10-19(13-16)22-20(24)21-14-17-8-2-3-9-18(17)15-23-11-4-5-12-23/h2-3,6-10,13H,4-5,11-12,14-15H2,1H3,(H2,21,22,24). The molecule has 0 spiro atoms. The van der Waals surface area contributed by atoms with Gasteiger partial charge in [0.25, 0.3) is 0 Å². The molecule has 4 heteroatoms. The summed E-state index contributed by atoms with van der Waals surface area (Å²) < 4.78 is 0. The molecule has 3 rings (SSSR count). The van der Waals surface area contributed by atoms with Crippen molar-refractivity contribution in [3.8, 4) is 0 Å². The van der Waals surface area contributed by atoms with Crippen LogP contribution in [0, 0.1) is 6.92 Å². The minimum absolute atomic E-state index is 0.663. The molecule has 0 unspecified atom stereocenters. The number of aryl methyl sites for hydroxylation is 1. The van der Waals surface area contributed by atoms with Crippen LogP contribution in [0.1, 0.15) is 29.5 Å². The Hall–Kier alpha value is -1.91. The second-order valence-corrected chi connectivity index (χ2v) is 6.84. The van der Waals surface area contributed by atoms with Crippen molar-refractivity contribution in [2.24, 2.45) is 0 Å². The fraction of sp³-hybridized carbons (Fsp3) is 0.350. The quantitative estimate of drug-likeness (QED) is 0.803. The first kappa shape index (κ1) is 16.9. The maximum Gasteiger partial charge on any atom is 0.171 e. The Balaban J connectivity index is 1.56. The molecule has 1 aliphatic heterocycles. The molecule has 0 amide bonds. The van der Waals surface area contributed by atoms with E-state index in [0.29, 0.717) is 5.11 Å². The van der Waals surface area contributed by atoms with Crippen molar-refractivity contribution in [1.82, 2.24) is 10.2 Å². The summed E-state index contributed by atoms with van der Waals surface area (Å²) in [5, 5.41) is 7.25. The van der Waals surface area contributed by atoms with Crippen molar-refractivity contribution < 1.29 is 0 Å². The summed E-state index contributed by atoms with van der Waals surface area (Å²) in [5.74, 6) is 0. The first-order valence-electron chi connectivity index (χ1n) is 8.61. The highest BCUT2D eigenvalue weighted by Gasteiger charge is 2.13. The Morgan fingerprint density at radius 3 is 2.54 bits per heavy atom. The smallest absolute Gasteiger partial charge is 0.171 e. The fourth-order valence-corrected chi connectivity index (χ4v) is 3.33. The van der Waals surface area contributed by atoms with Gasteiger partial charge in [-0.15, -0.1) is 0 Å². The van der Waals surface area contributed by atoms with Gasteiger partial charge in [0.05, 0.1) is 0 Å². The Kier molecular flexibility index (Phi) is 5.83. The zero-order valence-corrected chi connectivity index (χ0v) is 15.0. The summed E-state index contributed by atoms with van der Waals surface area (Å²) in [7, 11) is 0. The molecule has 3 nitrogen and oxygen atoms in total. The highest BCUT2D eigenvalue weighted by atomic mass is 32.1. The van der Waals surface area contributed by atoms with E-state index >= 15 is 0 Å². The number of rotatable bonds is 5. The van der Waals surface area contributed by atoms with Gasteiger partial charge in [-0.05, 0) is 73.9 Å². The Morgan fingerprint density at radius 2 is 1.79 bits per heavy atom. The molecule has 126 valence electrons. The van der Waals surface area contributed by atoms with Gasteiger partial charge >= 0.3 is 0 Å². The first-order chi connectivity index (χ1) is 11.7. The van der Waals surface area contributed by atoms with E-state index in [-0.39, 0.29) is 0 Å². The number of benzene rings is 2. The SMILES string of the molecule is Cc1cccc(NC(=S)NCc2ccccc2CN2CCCC2)c1. The van der Waals surface area contributed by atoms with Crippen molar-refractivity contribution >= 4 is 23.0 Å². The van der Waals surface area contributed by atoms with E-state index in [9.17, 15) is 0 Å². The van der Waals surface area contributed by atoms with Crippen LogP contribution in [0.2, 0.25) is 0 Å². The third-order valence-electron chi connectivity index (χ3n) is 4.43. The van der Waals surface area contributed by atoms with Gasteiger partial charge in [0.2, 0.25) is 0 Å². The van der Waals surface area contributed by atoms with Crippen molar-refractivity contribution in [2.45, 2.75) is 32.9 Å². The number of nitrogens with zero attached hydrogens (tertiary/aromatic N) is 1. The number of likely N-dealkylation sites (tertiary alicyclic amines) is 1. The van der Waals surface area contributed by atoms with Crippen LogP contribution in [-0.4, -0.2) is 23.1 Å². The third-order valence-corrected chi connectivity index (χ3v) is 4.67. The predicted octanol–water partition coefficient (Wildman–Crippen LogP) is 4.08. The fourth-order valence-electron chi connectivity index (χ4n) is 3.14. The van der Waals surface area contributed by atoms with Gasteiger partial charge in [0.15, 0.2) is 5.11 Å². The van der Waals surface area contributed by atoms with E-state index in [1.165, 1.54) is 42.6 Å². The highest BCUT2D eigenvalue weighted by Crippen LogP contribution is 2.16. The molecule has 1 fully saturated rings. The van der Waals surface area contributed by atoms with Gasteiger partial charge in [-0.3, -0.25) is 4.90 Å². The van der Waals surface area contributed by atoms with E-state index in [1.54, 1.807) is 0 Å². The Labute approximate surface area is 150 Å². The minimum Gasteiger partial charge on any atom is -0.358 e. The van der Waals surface area contributed by atoms with E-state index in [4.69, 9.17) is 12.2 Å². The largest absolute Gasteiger partial charge is 0.358 e. The number of hydrogen-bond acceptors (Lipinski definition) is 2. The summed E-state index contributed by atoms with van der Waals surface area (Å²) >= 11 is 5.43. The number of anilines is 1. The Bertz CT molecular complexity index is 693. The van der Waals surface area contributed by atoms with Gasteiger partial charge in [-0.25, -0.2) is 0 Å². The summed E-state index contributed by atoms with van der Waals surface area (Å²) in [6.07, 6.45) is 2.65. The summed E-state index contributed by atoms with van der Waals surface area (Å²) in [6, 6.07) is 16.9. The molecule has 1 heterocycles. The molecule has 2 aromatic rings. The Morgan fingerprint density at radius 1 is 1.04 bits per heavy atom. The zero-order valence-electron chi connectivity index (χ0n) is 14.2. The van der Waals surface area contributed by atoms with Crippen LogP contribution in [0.15, 0.2) is 48.5 Å². The molecule has 0 saturated carbocycles. The minimum atomic E-state index is 0.663. The topological polar surface area (TPSA) is 27.3 Å². The number of nitrogens with one attached hydrogen (secondary N) is 2. The van der Waals surface area contributed by atoms with E-state index < -0.39 is 0 Å². The second-order valence-electron chi connectivity index (χ2n) is 6.43. The van der Waals surface area contributed by atoms with Crippen LogP contribution in [-0.2, 0) is 13.1 Å². The molecule has 0 aliphatic carbocycles. The molecule has 1 saturated heterocycles. The van der Waals surface area contributed by atoms with Gasteiger partial charge in [0.1, 0.15) is 0 Å². The van der Waals surface area contributed by atoms with Crippen molar-refractivity contribution in [3.63, 3.8) is 0 Å². The van der Waals surface area contributed by atoms with Crippen LogP contribution in [0.5, 0.6) is 0 Å². The highest BCUT2D eigenvalue weighted by molar-refractivity contribution is 7.80. The van der Waals surface area contributed by atoms with Gasteiger partial charge in [-0.2, -0.15) is 0 Å². The van der Waals surface area contributed by atoms with Crippen LogP contribution in [0.3, 0.4) is 0 Å². The average molecular weight is 340 g/mol. The molecule has 2 aromatic carbocycles. The third kappa shape index (κ3) is 4.79. The normalized spacial score (nSPS) is 14.5. The lowest BCUT2D eigenvalue weighted by atomic mass is 10.1. The monoisotopic (exact) mass is 339 g/mol. The molecule has 0 radical (unpaired) electrons. The van der Waals surface area contributed by atoms with Gasteiger partial charge in [0, 0.05) is 18.8 Å². The van der Waals surface area contributed by atoms with Crippen LogP contribution in [0.25, 0.3) is 0 Å². The van der Waals surface area contributed by atoms with Crippen molar-refractivity contribution in [3.05, 3.63) is 65.2 Å². The molecule has 0 atom stereocenters. The van der Waals surface area contributed by atoms with Gasteiger partial charge < -0.3 is 10.6 Å².